The van der Waals surface area contributed by atoms with E-state index in [1.807, 2.05) is 0 Å². The summed E-state index contributed by atoms with van der Waals surface area (Å²) in [4.78, 5) is 73.1. The van der Waals surface area contributed by atoms with E-state index >= 15 is 0 Å². The summed E-state index contributed by atoms with van der Waals surface area (Å²) in [7, 11) is 0. The van der Waals surface area contributed by atoms with Gasteiger partial charge in [0.25, 0.3) is 0 Å². The number of rotatable bonds is 11. The molecule has 13 nitrogen and oxygen atoms in total. The largest absolute Gasteiger partial charge is 0.481 e. The molecule has 0 saturated carbocycles. The Kier molecular flexibility index (Phi) is 8.93. The van der Waals surface area contributed by atoms with E-state index in [9.17, 15) is 33.9 Å². The van der Waals surface area contributed by atoms with E-state index in [0.29, 0.717) is 19.4 Å². The molecule has 2 heterocycles. The van der Waals surface area contributed by atoms with Gasteiger partial charge in [0.15, 0.2) is 0 Å². The molecule has 2 aliphatic heterocycles. The molecule has 0 aromatic carbocycles. The highest BCUT2D eigenvalue weighted by Crippen LogP contribution is 2.19. The molecule has 0 spiro atoms. The van der Waals surface area contributed by atoms with Crippen LogP contribution in [0.4, 0.5) is 0 Å². The maximum Gasteiger partial charge on any atom is 0.326 e. The van der Waals surface area contributed by atoms with E-state index in [0.717, 1.165) is 11.3 Å². The first-order valence-electron chi connectivity index (χ1n) is 10.5. The molecule has 4 amide bonds. The number of carboxylic acids is 2. The van der Waals surface area contributed by atoms with Crippen molar-refractivity contribution >= 4 is 35.6 Å². The minimum Gasteiger partial charge on any atom is -0.481 e. The predicted octanol–water partition coefficient (Wildman–Crippen LogP) is -2.48. The van der Waals surface area contributed by atoms with Crippen molar-refractivity contribution in [3.63, 3.8) is 0 Å². The van der Waals surface area contributed by atoms with Gasteiger partial charge in [-0.3, -0.25) is 24.0 Å². The summed E-state index contributed by atoms with van der Waals surface area (Å²) in [6.07, 6.45) is 0.802. The number of aliphatic carboxylic acids is 2. The van der Waals surface area contributed by atoms with Crippen LogP contribution >= 0.6 is 0 Å². The standard InChI is InChI=1S/C19H29N5O8/c20-14(25)9-12(18(30)24-8-2-4-13(24)19(31)32)23-17(29)11(5-6-15(26)27)22-16(28)10-3-1-7-21-10/h10-13,21H,1-9H2,(H2,20,25)(H,22,28)(H,23,29)(H,26,27)(H,31,32). The van der Waals surface area contributed by atoms with E-state index < -0.39 is 72.6 Å². The van der Waals surface area contributed by atoms with Crippen molar-refractivity contribution in [1.29, 1.82) is 0 Å². The molecule has 2 fully saturated rings. The number of hydrogen-bond donors (Lipinski definition) is 6. The van der Waals surface area contributed by atoms with Crippen molar-refractivity contribution in [3.8, 4) is 0 Å². The van der Waals surface area contributed by atoms with E-state index in [1.165, 1.54) is 0 Å². The quantitative estimate of drug-likeness (QED) is 0.195. The number of primary amides is 1. The highest BCUT2D eigenvalue weighted by atomic mass is 16.4. The maximum atomic E-state index is 12.9. The van der Waals surface area contributed by atoms with Crippen molar-refractivity contribution < 1.29 is 39.0 Å². The lowest BCUT2D eigenvalue weighted by Crippen LogP contribution is -2.57. The third kappa shape index (κ3) is 6.90. The Balaban J connectivity index is 2.14. The van der Waals surface area contributed by atoms with Crippen LogP contribution in [0.3, 0.4) is 0 Å². The number of carboxylic acid groups (broad SMARTS) is 2. The van der Waals surface area contributed by atoms with Crippen LogP contribution < -0.4 is 21.7 Å². The van der Waals surface area contributed by atoms with Crippen LogP contribution in [-0.2, 0) is 28.8 Å². The molecule has 2 rings (SSSR count). The topological polar surface area (TPSA) is 208 Å². The molecule has 2 aliphatic rings. The van der Waals surface area contributed by atoms with Crippen molar-refractivity contribution in [3.05, 3.63) is 0 Å². The van der Waals surface area contributed by atoms with Crippen LogP contribution in [0.2, 0.25) is 0 Å². The molecule has 178 valence electrons. The van der Waals surface area contributed by atoms with Gasteiger partial charge in [-0.25, -0.2) is 4.79 Å². The second-order valence-corrected chi connectivity index (χ2v) is 7.90. The third-order valence-electron chi connectivity index (χ3n) is 5.50. The fourth-order valence-electron chi connectivity index (χ4n) is 3.88. The zero-order valence-corrected chi connectivity index (χ0v) is 17.5. The lowest BCUT2D eigenvalue weighted by atomic mass is 10.1. The Labute approximate surface area is 184 Å². The number of carbonyl (C=O) groups is 6. The smallest absolute Gasteiger partial charge is 0.326 e. The van der Waals surface area contributed by atoms with Gasteiger partial charge in [-0.2, -0.15) is 0 Å². The Morgan fingerprint density at radius 2 is 1.75 bits per heavy atom. The molecule has 7 N–H and O–H groups in total. The molecule has 0 aromatic heterocycles. The van der Waals surface area contributed by atoms with Gasteiger partial charge in [0, 0.05) is 13.0 Å². The van der Waals surface area contributed by atoms with Crippen LogP contribution in [0, 0.1) is 0 Å². The van der Waals surface area contributed by atoms with Gasteiger partial charge >= 0.3 is 11.9 Å². The molecule has 32 heavy (non-hydrogen) atoms. The molecule has 13 heteroatoms. The number of carbonyl (C=O) groups excluding carboxylic acids is 4. The monoisotopic (exact) mass is 455 g/mol. The van der Waals surface area contributed by atoms with Crippen LogP contribution in [-0.4, -0.2) is 87.9 Å². The zero-order chi connectivity index (χ0) is 23.8. The average Bonchev–Trinajstić information content (AvgIpc) is 3.41. The summed E-state index contributed by atoms with van der Waals surface area (Å²) in [6.45, 7) is 0.785. The van der Waals surface area contributed by atoms with Crippen LogP contribution in [0.1, 0.15) is 44.9 Å². The molecule has 4 unspecified atom stereocenters. The minimum atomic E-state index is -1.44. The Morgan fingerprint density at radius 1 is 1.03 bits per heavy atom. The number of amides is 4. The lowest BCUT2D eigenvalue weighted by Gasteiger charge is -2.28. The fourth-order valence-corrected chi connectivity index (χ4v) is 3.88. The molecule has 0 radical (unpaired) electrons. The first-order valence-corrected chi connectivity index (χ1v) is 10.5. The molecular formula is C19H29N5O8. The summed E-state index contributed by atoms with van der Waals surface area (Å²) < 4.78 is 0. The molecular weight excluding hydrogens is 426 g/mol. The Morgan fingerprint density at radius 3 is 2.31 bits per heavy atom. The number of nitrogens with one attached hydrogen (secondary N) is 3. The van der Waals surface area contributed by atoms with Crippen LogP contribution in [0.15, 0.2) is 0 Å². The molecule has 0 aliphatic carbocycles. The number of nitrogens with two attached hydrogens (primary N) is 1. The second kappa shape index (κ2) is 11.4. The van der Waals surface area contributed by atoms with Crippen molar-refractivity contribution in [2.45, 2.75) is 69.1 Å². The van der Waals surface area contributed by atoms with Gasteiger partial charge in [-0.05, 0) is 38.6 Å². The molecule has 4 atom stereocenters. The van der Waals surface area contributed by atoms with Crippen molar-refractivity contribution in [2.24, 2.45) is 5.73 Å². The van der Waals surface area contributed by atoms with E-state index in [2.05, 4.69) is 16.0 Å². The third-order valence-corrected chi connectivity index (χ3v) is 5.50. The van der Waals surface area contributed by atoms with Gasteiger partial charge < -0.3 is 36.8 Å². The maximum absolute atomic E-state index is 12.9. The van der Waals surface area contributed by atoms with Gasteiger partial charge in [0.2, 0.25) is 23.6 Å². The Bertz CT molecular complexity index is 767. The summed E-state index contributed by atoms with van der Waals surface area (Å²) in [5.74, 6) is -5.38. The van der Waals surface area contributed by atoms with Crippen molar-refractivity contribution in [1.82, 2.24) is 20.9 Å². The molecule has 0 bridgehead atoms. The molecule has 0 aromatic rings. The van der Waals surface area contributed by atoms with Gasteiger partial charge in [-0.15, -0.1) is 0 Å². The van der Waals surface area contributed by atoms with Gasteiger partial charge in [0.1, 0.15) is 18.1 Å². The SMILES string of the molecule is NC(=O)CC(NC(=O)C(CCC(=O)O)NC(=O)C1CCCN1)C(=O)N1CCCC1C(=O)O. The van der Waals surface area contributed by atoms with Gasteiger partial charge in [-0.1, -0.05) is 0 Å². The van der Waals surface area contributed by atoms with Crippen LogP contribution in [0.5, 0.6) is 0 Å². The van der Waals surface area contributed by atoms with E-state index in [-0.39, 0.29) is 19.4 Å². The number of nitrogens with zero attached hydrogens (tertiary/aromatic N) is 1. The highest BCUT2D eigenvalue weighted by Gasteiger charge is 2.39. The summed E-state index contributed by atoms with van der Waals surface area (Å²) >= 11 is 0. The first kappa shape index (κ1) is 25.0. The fraction of sp³-hybridized carbons (Fsp3) is 0.684. The second-order valence-electron chi connectivity index (χ2n) is 7.90. The molecule has 2 saturated heterocycles. The summed E-state index contributed by atoms with van der Waals surface area (Å²) in [5, 5.41) is 26.1. The highest BCUT2D eigenvalue weighted by molar-refractivity contribution is 5.96. The normalized spacial score (nSPS) is 22.1. The van der Waals surface area contributed by atoms with Crippen molar-refractivity contribution in [2.75, 3.05) is 13.1 Å². The number of likely N-dealkylation sites (tertiary alicyclic amines) is 1. The zero-order valence-electron chi connectivity index (χ0n) is 17.5. The lowest BCUT2D eigenvalue weighted by molar-refractivity contribution is -0.149. The van der Waals surface area contributed by atoms with E-state index in [1.54, 1.807) is 0 Å². The average molecular weight is 455 g/mol. The summed E-state index contributed by atoms with van der Waals surface area (Å²) in [6, 6.07) is -4.29. The van der Waals surface area contributed by atoms with Crippen LogP contribution in [0.25, 0.3) is 0 Å². The first-order chi connectivity index (χ1) is 15.1. The minimum absolute atomic E-state index is 0.146. The summed E-state index contributed by atoms with van der Waals surface area (Å²) in [5.41, 5.74) is 5.20. The predicted molar refractivity (Wildman–Crippen MR) is 108 cm³/mol. The van der Waals surface area contributed by atoms with Gasteiger partial charge in [0.05, 0.1) is 12.5 Å². The Hall–Kier alpha value is -3.22. The van der Waals surface area contributed by atoms with E-state index in [4.69, 9.17) is 10.8 Å². The number of hydrogen-bond acceptors (Lipinski definition) is 7.